The van der Waals surface area contributed by atoms with Gasteiger partial charge in [0.15, 0.2) is 0 Å². The topological polar surface area (TPSA) is 51.0 Å². The molecule has 0 radical (unpaired) electrons. The molecule has 5 heteroatoms. The van der Waals surface area contributed by atoms with Crippen molar-refractivity contribution >= 4 is 16.9 Å². The van der Waals surface area contributed by atoms with Gasteiger partial charge < -0.3 is 4.90 Å². The van der Waals surface area contributed by atoms with Crippen LogP contribution in [0.3, 0.4) is 0 Å². The maximum Gasteiger partial charge on any atom is 0.244 e. The molecule has 5 nitrogen and oxygen atoms in total. The highest BCUT2D eigenvalue weighted by atomic mass is 16.2. The van der Waals surface area contributed by atoms with E-state index in [4.69, 9.17) is 0 Å². The summed E-state index contributed by atoms with van der Waals surface area (Å²) < 4.78 is 1.70. The smallest absolute Gasteiger partial charge is 0.244 e. The van der Waals surface area contributed by atoms with E-state index in [0.29, 0.717) is 0 Å². The molecule has 3 rings (SSSR count). The fourth-order valence-electron chi connectivity index (χ4n) is 2.77. The van der Waals surface area contributed by atoms with Crippen LogP contribution in [0.5, 0.6) is 0 Å². The van der Waals surface area contributed by atoms with Crippen molar-refractivity contribution < 1.29 is 4.79 Å². The van der Waals surface area contributed by atoms with Gasteiger partial charge in [-0.2, -0.15) is 0 Å². The molecule has 1 aliphatic rings. The highest BCUT2D eigenvalue weighted by Gasteiger charge is 2.19. The first kappa shape index (κ1) is 13.1. The largest absolute Gasteiger partial charge is 0.341 e. The average molecular weight is 272 g/mol. The summed E-state index contributed by atoms with van der Waals surface area (Å²) in [5.41, 5.74) is 1.76. The maximum atomic E-state index is 12.4. The summed E-state index contributed by atoms with van der Waals surface area (Å²) in [5.74, 6) is 0.870. The Balaban J connectivity index is 1.72. The third-order valence-corrected chi connectivity index (χ3v) is 4.07. The van der Waals surface area contributed by atoms with E-state index < -0.39 is 0 Å². The number of hydrogen-bond acceptors (Lipinski definition) is 3. The number of amides is 1. The van der Waals surface area contributed by atoms with Gasteiger partial charge >= 0.3 is 0 Å². The van der Waals surface area contributed by atoms with E-state index in [1.807, 2.05) is 29.2 Å². The minimum absolute atomic E-state index is 0.148. The number of para-hydroxylation sites is 1. The Bertz CT molecular complexity index is 607. The van der Waals surface area contributed by atoms with Crippen molar-refractivity contribution in [1.29, 1.82) is 0 Å². The monoisotopic (exact) mass is 272 g/mol. The molecule has 1 saturated heterocycles. The molecule has 1 atom stereocenters. The molecule has 2 heterocycles. The van der Waals surface area contributed by atoms with Gasteiger partial charge in [-0.15, -0.1) is 5.10 Å². The van der Waals surface area contributed by atoms with Crippen LogP contribution in [-0.2, 0) is 11.3 Å². The molecule has 0 N–H and O–H groups in total. The number of carbonyl (C=O) groups excluding carboxylic acids is 1. The van der Waals surface area contributed by atoms with E-state index in [2.05, 4.69) is 17.2 Å². The second-order valence-corrected chi connectivity index (χ2v) is 5.65. The summed E-state index contributed by atoms with van der Waals surface area (Å²) in [5, 5.41) is 8.18. The molecule has 0 saturated carbocycles. The molecule has 2 aromatic rings. The Morgan fingerprint density at radius 1 is 1.30 bits per heavy atom. The Morgan fingerprint density at radius 2 is 2.15 bits per heavy atom. The van der Waals surface area contributed by atoms with Gasteiger partial charge in [-0.1, -0.05) is 24.3 Å². The third-order valence-electron chi connectivity index (χ3n) is 4.07. The zero-order valence-electron chi connectivity index (χ0n) is 11.8. The highest BCUT2D eigenvalue weighted by Crippen LogP contribution is 2.17. The number of hydrogen-bond donors (Lipinski definition) is 0. The van der Waals surface area contributed by atoms with Gasteiger partial charge in [-0.3, -0.25) is 4.79 Å². The first-order valence-corrected chi connectivity index (χ1v) is 7.30. The van der Waals surface area contributed by atoms with Gasteiger partial charge in [0.05, 0.1) is 5.52 Å². The molecule has 1 aromatic heterocycles. The fourth-order valence-corrected chi connectivity index (χ4v) is 2.77. The number of aromatic nitrogens is 3. The summed E-state index contributed by atoms with van der Waals surface area (Å²) in [7, 11) is 0. The number of nitrogens with zero attached hydrogens (tertiary/aromatic N) is 4. The summed E-state index contributed by atoms with van der Waals surface area (Å²) >= 11 is 0. The van der Waals surface area contributed by atoms with Gasteiger partial charge in [0.2, 0.25) is 5.91 Å². The van der Waals surface area contributed by atoms with Crippen molar-refractivity contribution in [3.8, 4) is 0 Å². The molecular weight excluding hydrogens is 252 g/mol. The van der Waals surface area contributed by atoms with Crippen LogP contribution < -0.4 is 0 Å². The second-order valence-electron chi connectivity index (χ2n) is 5.65. The van der Waals surface area contributed by atoms with Crippen molar-refractivity contribution in [2.75, 3.05) is 13.1 Å². The van der Waals surface area contributed by atoms with E-state index in [9.17, 15) is 4.79 Å². The van der Waals surface area contributed by atoms with Crippen LogP contribution in [0.25, 0.3) is 11.0 Å². The number of fused-ring (bicyclic) bond motifs is 1. The number of carbonyl (C=O) groups is 1. The average Bonchev–Trinajstić information content (AvgIpc) is 2.72. The molecule has 1 aliphatic heterocycles. The summed E-state index contributed by atoms with van der Waals surface area (Å²) in [4.78, 5) is 14.4. The molecule has 0 spiro atoms. The van der Waals surface area contributed by atoms with Crippen LogP contribution >= 0.6 is 0 Å². The van der Waals surface area contributed by atoms with E-state index in [1.165, 1.54) is 6.42 Å². The number of likely N-dealkylation sites (tertiary alicyclic amines) is 1. The van der Waals surface area contributed by atoms with E-state index in [-0.39, 0.29) is 12.5 Å². The predicted molar refractivity (Wildman–Crippen MR) is 77.1 cm³/mol. The summed E-state index contributed by atoms with van der Waals surface area (Å²) in [6.45, 7) is 4.29. The Morgan fingerprint density at radius 3 is 3.05 bits per heavy atom. The van der Waals surface area contributed by atoms with E-state index in [0.717, 1.165) is 42.9 Å². The Kier molecular flexibility index (Phi) is 3.67. The van der Waals surface area contributed by atoms with Crippen LogP contribution in [0, 0.1) is 5.92 Å². The predicted octanol–water partition coefficient (Wildman–Crippen LogP) is 2.08. The Labute approximate surface area is 118 Å². The van der Waals surface area contributed by atoms with Crippen molar-refractivity contribution in [2.24, 2.45) is 5.92 Å². The molecule has 0 unspecified atom stereocenters. The lowest BCUT2D eigenvalue weighted by Gasteiger charge is -2.20. The fraction of sp³-hybridized carbons (Fsp3) is 0.533. The SMILES string of the molecule is C[C@@H]1CCCN(C(=O)Cn2nnc3ccccc32)CC1. The van der Waals surface area contributed by atoms with Gasteiger partial charge in [-0.05, 0) is 37.3 Å². The van der Waals surface area contributed by atoms with Crippen LogP contribution in [0.1, 0.15) is 26.2 Å². The van der Waals surface area contributed by atoms with Crippen molar-refractivity contribution in [3.63, 3.8) is 0 Å². The van der Waals surface area contributed by atoms with Crippen LogP contribution in [-0.4, -0.2) is 38.9 Å². The lowest BCUT2D eigenvalue weighted by atomic mass is 10.0. The zero-order valence-corrected chi connectivity index (χ0v) is 11.8. The normalized spacial score (nSPS) is 20.1. The van der Waals surface area contributed by atoms with Gasteiger partial charge in [0.1, 0.15) is 12.1 Å². The van der Waals surface area contributed by atoms with Crippen molar-refractivity contribution in [2.45, 2.75) is 32.7 Å². The van der Waals surface area contributed by atoms with Crippen LogP contribution in [0.15, 0.2) is 24.3 Å². The second kappa shape index (κ2) is 5.61. The highest BCUT2D eigenvalue weighted by molar-refractivity contribution is 5.79. The molecular formula is C15H20N4O. The Hall–Kier alpha value is -1.91. The first-order valence-electron chi connectivity index (χ1n) is 7.30. The van der Waals surface area contributed by atoms with Gasteiger partial charge in [-0.25, -0.2) is 4.68 Å². The molecule has 1 amide bonds. The summed E-state index contributed by atoms with van der Waals surface area (Å²) in [6, 6.07) is 7.74. The molecule has 1 fully saturated rings. The van der Waals surface area contributed by atoms with Crippen molar-refractivity contribution in [1.82, 2.24) is 19.9 Å². The van der Waals surface area contributed by atoms with Gasteiger partial charge in [0, 0.05) is 13.1 Å². The molecule has 0 bridgehead atoms. The van der Waals surface area contributed by atoms with Crippen LogP contribution in [0.2, 0.25) is 0 Å². The molecule has 1 aromatic carbocycles. The van der Waals surface area contributed by atoms with E-state index in [1.54, 1.807) is 4.68 Å². The molecule has 0 aliphatic carbocycles. The lowest BCUT2D eigenvalue weighted by Crippen LogP contribution is -2.35. The maximum absolute atomic E-state index is 12.4. The first-order chi connectivity index (χ1) is 9.74. The number of rotatable bonds is 2. The zero-order chi connectivity index (χ0) is 13.9. The standard InChI is InChI=1S/C15H20N4O/c1-12-5-4-9-18(10-8-12)15(20)11-19-14-7-3-2-6-13(14)16-17-19/h2-3,6-7,12H,4-5,8-11H2,1H3/t12-/m1/s1. The third kappa shape index (κ3) is 2.66. The van der Waals surface area contributed by atoms with Gasteiger partial charge in [0.25, 0.3) is 0 Å². The quantitative estimate of drug-likeness (QED) is 0.841. The van der Waals surface area contributed by atoms with E-state index >= 15 is 0 Å². The minimum Gasteiger partial charge on any atom is -0.341 e. The minimum atomic E-state index is 0.148. The summed E-state index contributed by atoms with van der Waals surface area (Å²) in [6.07, 6.45) is 3.42. The van der Waals surface area contributed by atoms with Crippen LogP contribution in [0.4, 0.5) is 0 Å². The van der Waals surface area contributed by atoms with Crippen molar-refractivity contribution in [3.05, 3.63) is 24.3 Å². The molecule has 20 heavy (non-hydrogen) atoms. The molecule has 106 valence electrons. The lowest BCUT2D eigenvalue weighted by molar-refractivity contribution is -0.131. The number of benzene rings is 1.